The van der Waals surface area contributed by atoms with Crippen molar-refractivity contribution in [3.05, 3.63) is 54.4 Å². The van der Waals surface area contributed by atoms with Crippen molar-refractivity contribution in [3.8, 4) is 5.75 Å². The van der Waals surface area contributed by atoms with E-state index in [1.165, 1.54) is 17.7 Å². The second-order valence-electron chi connectivity index (χ2n) is 8.35. The summed E-state index contributed by atoms with van der Waals surface area (Å²) in [6.45, 7) is 13.3. The largest absolute Gasteiger partial charge is 0.494 e. The Balaban J connectivity index is 1.30. The zero-order valence-corrected chi connectivity index (χ0v) is 17.7. The van der Waals surface area contributed by atoms with E-state index in [0.717, 1.165) is 57.9 Å². The number of hydrogen-bond donors (Lipinski definition) is 0. The van der Waals surface area contributed by atoms with Gasteiger partial charge in [-0.15, -0.1) is 0 Å². The van der Waals surface area contributed by atoms with Gasteiger partial charge in [0, 0.05) is 44.3 Å². The van der Waals surface area contributed by atoms with Crippen molar-refractivity contribution in [3.63, 3.8) is 0 Å². The van der Waals surface area contributed by atoms with E-state index < -0.39 is 0 Å². The zero-order valence-electron chi connectivity index (χ0n) is 17.7. The second-order valence-corrected chi connectivity index (χ2v) is 8.35. The molecule has 1 saturated heterocycles. The molecule has 1 aromatic carbocycles. The molecule has 0 bridgehead atoms. The number of nitrogens with zero attached hydrogens (tertiary/aromatic N) is 3. The number of aromatic nitrogens is 1. The molecule has 152 valence electrons. The predicted molar refractivity (Wildman–Crippen MR) is 117 cm³/mol. The maximum Gasteiger partial charge on any atom is 0.119 e. The van der Waals surface area contributed by atoms with Crippen LogP contribution in [0.4, 0.5) is 5.69 Å². The molecule has 2 heterocycles. The van der Waals surface area contributed by atoms with Crippen LogP contribution in [-0.2, 0) is 5.41 Å². The van der Waals surface area contributed by atoms with Crippen molar-refractivity contribution in [2.75, 3.05) is 44.2 Å². The minimum Gasteiger partial charge on any atom is -0.494 e. The summed E-state index contributed by atoms with van der Waals surface area (Å²) < 4.78 is 5.94. The van der Waals surface area contributed by atoms with Crippen LogP contribution in [0, 0.1) is 0 Å². The SMILES string of the molecule is CCC(C)(C)c1ccc(OCCCCN2CCN(c3ccncc3)CC2)cc1. The summed E-state index contributed by atoms with van der Waals surface area (Å²) in [5, 5.41) is 0. The van der Waals surface area contributed by atoms with Crippen LogP contribution in [0.2, 0.25) is 0 Å². The van der Waals surface area contributed by atoms with Gasteiger partial charge in [-0.1, -0.05) is 32.9 Å². The van der Waals surface area contributed by atoms with Crippen LogP contribution in [0.3, 0.4) is 0 Å². The molecule has 0 N–H and O–H groups in total. The molecule has 0 atom stereocenters. The first kappa shape index (κ1) is 20.7. The molecule has 3 rings (SSSR count). The lowest BCUT2D eigenvalue weighted by molar-refractivity contribution is 0.238. The van der Waals surface area contributed by atoms with Gasteiger partial charge in [0.25, 0.3) is 0 Å². The minimum atomic E-state index is 0.236. The minimum absolute atomic E-state index is 0.236. The highest BCUT2D eigenvalue weighted by atomic mass is 16.5. The Morgan fingerprint density at radius 2 is 1.61 bits per heavy atom. The Labute approximate surface area is 170 Å². The zero-order chi connectivity index (χ0) is 19.8. The van der Waals surface area contributed by atoms with Gasteiger partial charge in [-0.2, -0.15) is 0 Å². The van der Waals surface area contributed by atoms with E-state index in [0.29, 0.717) is 0 Å². The molecular formula is C24H35N3O. The molecule has 2 aromatic rings. The molecule has 1 aromatic heterocycles. The topological polar surface area (TPSA) is 28.6 Å². The van der Waals surface area contributed by atoms with Crippen molar-refractivity contribution >= 4 is 5.69 Å². The Hall–Kier alpha value is -2.07. The number of hydrogen-bond acceptors (Lipinski definition) is 4. The van der Waals surface area contributed by atoms with Gasteiger partial charge in [-0.3, -0.25) is 9.88 Å². The number of pyridine rings is 1. The molecule has 0 aliphatic carbocycles. The van der Waals surface area contributed by atoms with Gasteiger partial charge in [0.1, 0.15) is 5.75 Å². The smallest absolute Gasteiger partial charge is 0.119 e. The lowest BCUT2D eigenvalue weighted by Gasteiger charge is -2.36. The van der Waals surface area contributed by atoms with Gasteiger partial charge in [0.2, 0.25) is 0 Å². The predicted octanol–water partition coefficient (Wildman–Crippen LogP) is 4.75. The van der Waals surface area contributed by atoms with Gasteiger partial charge in [0.05, 0.1) is 6.61 Å². The number of rotatable bonds is 9. The Morgan fingerprint density at radius 3 is 2.25 bits per heavy atom. The van der Waals surface area contributed by atoms with Crippen molar-refractivity contribution in [2.24, 2.45) is 0 Å². The molecule has 4 nitrogen and oxygen atoms in total. The molecule has 0 amide bonds. The highest BCUT2D eigenvalue weighted by Crippen LogP contribution is 2.28. The summed E-state index contributed by atoms with van der Waals surface area (Å²) in [6.07, 6.45) is 7.19. The van der Waals surface area contributed by atoms with Gasteiger partial charge in [0.15, 0.2) is 0 Å². The van der Waals surface area contributed by atoms with Crippen LogP contribution in [0.1, 0.15) is 45.6 Å². The van der Waals surface area contributed by atoms with Crippen molar-refractivity contribution < 1.29 is 4.74 Å². The highest BCUT2D eigenvalue weighted by Gasteiger charge is 2.18. The average Bonchev–Trinajstić information content (AvgIpc) is 2.75. The van der Waals surface area contributed by atoms with Crippen molar-refractivity contribution in [2.45, 2.75) is 45.4 Å². The number of anilines is 1. The van der Waals surface area contributed by atoms with Crippen LogP contribution in [0.15, 0.2) is 48.8 Å². The van der Waals surface area contributed by atoms with Crippen LogP contribution in [0.5, 0.6) is 5.75 Å². The first-order valence-corrected chi connectivity index (χ1v) is 10.7. The third-order valence-electron chi connectivity index (χ3n) is 6.06. The first-order chi connectivity index (χ1) is 13.6. The summed E-state index contributed by atoms with van der Waals surface area (Å²) in [7, 11) is 0. The number of benzene rings is 1. The molecule has 28 heavy (non-hydrogen) atoms. The standard InChI is InChI=1S/C24H35N3O/c1-4-24(2,3)21-7-9-23(10-8-21)28-20-6-5-15-26-16-18-27(19-17-26)22-11-13-25-14-12-22/h7-14H,4-6,15-20H2,1-3H3. The van der Waals surface area contributed by atoms with Gasteiger partial charge in [-0.25, -0.2) is 0 Å². The summed E-state index contributed by atoms with van der Waals surface area (Å²) in [5.41, 5.74) is 2.91. The van der Waals surface area contributed by atoms with E-state index in [1.807, 2.05) is 12.4 Å². The molecule has 4 heteroatoms. The molecule has 1 aliphatic heterocycles. The lowest BCUT2D eigenvalue weighted by atomic mass is 9.82. The summed E-state index contributed by atoms with van der Waals surface area (Å²) in [6, 6.07) is 12.9. The normalized spacial score (nSPS) is 15.6. The fourth-order valence-electron chi connectivity index (χ4n) is 3.62. The van der Waals surface area contributed by atoms with E-state index in [-0.39, 0.29) is 5.41 Å². The fourth-order valence-corrected chi connectivity index (χ4v) is 3.62. The summed E-state index contributed by atoms with van der Waals surface area (Å²) in [4.78, 5) is 9.12. The number of piperazine rings is 1. The van der Waals surface area contributed by atoms with Crippen LogP contribution >= 0.6 is 0 Å². The Morgan fingerprint density at radius 1 is 0.929 bits per heavy atom. The Kier molecular flexibility index (Phi) is 7.32. The maximum absolute atomic E-state index is 5.94. The number of unbranched alkanes of at least 4 members (excludes halogenated alkanes) is 1. The average molecular weight is 382 g/mol. The quantitative estimate of drug-likeness (QED) is 0.586. The lowest BCUT2D eigenvalue weighted by Crippen LogP contribution is -2.46. The van der Waals surface area contributed by atoms with Crippen molar-refractivity contribution in [1.82, 2.24) is 9.88 Å². The Bertz CT molecular complexity index is 692. The second kappa shape index (κ2) is 9.92. The van der Waals surface area contributed by atoms with E-state index in [2.05, 4.69) is 72.0 Å². The van der Waals surface area contributed by atoms with E-state index >= 15 is 0 Å². The molecule has 0 unspecified atom stereocenters. The summed E-state index contributed by atoms with van der Waals surface area (Å²) >= 11 is 0. The molecule has 0 spiro atoms. The van der Waals surface area contributed by atoms with Crippen molar-refractivity contribution in [1.29, 1.82) is 0 Å². The van der Waals surface area contributed by atoms with Crippen LogP contribution < -0.4 is 9.64 Å². The van der Waals surface area contributed by atoms with E-state index in [9.17, 15) is 0 Å². The molecule has 0 saturated carbocycles. The van der Waals surface area contributed by atoms with E-state index in [4.69, 9.17) is 4.74 Å². The molecule has 0 radical (unpaired) electrons. The van der Waals surface area contributed by atoms with Gasteiger partial charge in [-0.05, 0) is 61.1 Å². The molecular weight excluding hydrogens is 346 g/mol. The molecule has 1 fully saturated rings. The van der Waals surface area contributed by atoms with Crippen LogP contribution in [0.25, 0.3) is 0 Å². The highest BCUT2D eigenvalue weighted by molar-refractivity contribution is 5.44. The fraction of sp³-hybridized carbons (Fsp3) is 0.542. The molecule has 1 aliphatic rings. The third-order valence-corrected chi connectivity index (χ3v) is 6.06. The van der Waals surface area contributed by atoms with Gasteiger partial charge < -0.3 is 9.64 Å². The monoisotopic (exact) mass is 381 g/mol. The van der Waals surface area contributed by atoms with Crippen LogP contribution in [-0.4, -0.2) is 49.2 Å². The maximum atomic E-state index is 5.94. The number of ether oxygens (including phenoxy) is 1. The third kappa shape index (κ3) is 5.71. The first-order valence-electron chi connectivity index (χ1n) is 10.7. The summed E-state index contributed by atoms with van der Waals surface area (Å²) in [5.74, 6) is 0.988. The van der Waals surface area contributed by atoms with E-state index in [1.54, 1.807) is 0 Å². The van der Waals surface area contributed by atoms with Gasteiger partial charge >= 0.3 is 0 Å².